The number of hydrogen-bond donors (Lipinski definition) is 0. The Balaban J connectivity index is 0.000000105. The number of para-hydroxylation sites is 1. The molecule has 0 saturated carbocycles. The van der Waals surface area contributed by atoms with E-state index in [0.717, 1.165) is 62.7 Å². The fourth-order valence-electron chi connectivity index (χ4n) is 8.34. The molecule has 10 nitrogen and oxygen atoms in total. The topological polar surface area (TPSA) is 147 Å². The number of rotatable bonds is 0. The van der Waals surface area contributed by atoms with Crippen LogP contribution in [0.2, 0.25) is 0 Å². The average Bonchev–Trinajstić information content (AvgIpc) is 4.05. The molecule has 0 atom stereocenters. The molecule has 0 aliphatic heterocycles. The molecule has 0 amide bonds. The highest BCUT2D eigenvalue weighted by Gasteiger charge is 2.22. The van der Waals surface area contributed by atoms with E-state index < -0.39 is 5.95 Å². The van der Waals surface area contributed by atoms with Gasteiger partial charge >= 0.3 is 22.5 Å². The molecule has 0 saturated heterocycles. The summed E-state index contributed by atoms with van der Waals surface area (Å²) < 4.78 is 46.9. The minimum Gasteiger partial charge on any atom is -0.422 e. The van der Waals surface area contributed by atoms with Crippen molar-refractivity contribution in [1.29, 1.82) is 0 Å². The zero-order valence-electron chi connectivity index (χ0n) is 34.0. The third-order valence-corrected chi connectivity index (χ3v) is 11.0. The van der Waals surface area contributed by atoms with Gasteiger partial charge in [0, 0.05) is 28.1 Å². The Morgan fingerprint density at radius 1 is 0.468 bits per heavy atom. The van der Waals surface area contributed by atoms with Gasteiger partial charge in [0.05, 0.1) is 22.3 Å². The Morgan fingerprint density at radius 2 is 0.903 bits per heavy atom. The summed E-state index contributed by atoms with van der Waals surface area (Å²) in [7, 11) is 0. The smallest absolute Gasteiger partial charge is 0.343 e. The van der Waals surface area contributed by atoms with Gasteiger partial charge in [-0.1, -0.05) is 40.5 Å². The fraction of sp³-hybridized carbons (Fsp3) is 0.160. The quantitative estimate of drug-likeness (QED) is 0.107. The molecule has 0 fully saturated rings. The number of halogens is 2. The molecule has 8 aromatic rings. The molecule has 12 heteroatoms. The predicted molar refractivity (Wildman–Crippen MR) is 235 cm³/mol. The van der Waals surface area contributed by atoms with Crippen LogP contribution in [0.1, 0.15) is 72.2 Å². The van der Waals surface area contributed by atoms with Crippen LogP contribution in [0.5, 0.6) is 0 Å². The highest BCUT2D eigenvalue weighted by atomic mass is 19.1. The summed E-state index contributed by atoms with van der Waals surface area (Å²) in [4.78, 5) is 54.6. The van der Waals surface area contributed by atoms with Gasteiger partial charge in [0.25, 0.3) is 0 Å². The van der Waals surface area contributed by atoms with Crippen molar-refractivity contribution in [2.45, 2.75) is 53.4 Å². The van der Waals surface area contributed by atoms with Gasteiger partial charge in [-0.3, -0.25) is 4.98 Å². The lowest BCUT2D eigenvalue weighted by Gasteiger charge is -2.03. The van der Waals surface area contributed by atoms with Crippen molar-refractivity contribution < 1.29 is 26.4 Å². The van der Waals surface area contributed by atoms with Gasteiger partial charge in [-0.05, 0) is 137 Å². The SMILES string of the molecule is CC1=Cc2c(c3cc(F)ccc3oc2=O)C1.CC1=Cc2c(c3ccccc3oc2=O)C1.CC1=Cc2c(c3nc(F)ccc3oc2=O)C1.CC1=Cc2c(c3ncccc3oc2=O)C1. The molecule has 0 unspecified atom stereocenters. The molecule has 4 aliphatic carbocycles. The second-order valence-corrected chi connectivity index (χ2v) is 15.8. The second-order valence-electron chi connectivity index (χ2n) is 15.8. The van der Waals surface area contributed by atoms with Gasteiger partial charge in [-0.15, -0.1) is 0 Å². The third-order valence-electron chi connectivity index (χ3n) is 11.0. The summed E-state index contributed by atoms with van der Waals surface area (Å²) in [6, 6.07) is 18.1. The first-order chi connectivity index (χ1) is 29.8. The lowest BCUT2D eigenvalue weighted by Crippen LogP contribution is -2.06. The van der Waals surface area contributed by atoms with Crippen LogP contribution < -0.4 is 22.5 Å². The number of fused-ring (bicyclic) bond motifs is 12. The molecule has 0 radical (unpaired) electrons. The van der Waals surface area contributed by atoms with Gasteiger partial charge in [0.15, 0.2) is 11.2 Å². The first-order valence-corrected chi connectivity index (χ1v) is 19.8. The normalized spacial score (nSPS) is 14.0. The van der Waals surface area contributed by atoms with Crippen LogP contribution >= 0.6 is 0 Å². The summed E-state index contributed by atoms with van der Waals surface area (Å²) >= 11 is 0. The number of hydrogen-bond acceptors (Lipinski definition) is 10. The minimum absolute atomic E-state index is 0.222. The molecular formula is C50H36F2N2O8. The fourth-order valence-corrected chi connectivity index (χ4v) is 8.34. The minimum atomic E-state index is -0.562. The van der Waals surface area contributed by atoms with Crippen molar-refractivity contribution in [2.75, 3.05) is 0 Å². The van der Waals surface area contributed by atoms with Crippen LogP contribution in [0.4, 0.5) is 8.78 Å². The van der Waals surface area contributed by atoms with Crippen LogP contribution in [0.25, 0.3) is 68.4 Å². The molecule has 0 bridgehead atoms. The van der Waals surface area contributed by atoms with Crippen molar-refractivity contribution in [1.82, 2.24) is 9.97 Å². The van der Waals surface area contributed by atoms with Gasteiger partial charge in [0.2, 0.25) is 5.95 Å². The maximum absolute atomic E-state index is 13.2. The van der Waals surface area contributed by atoms with Crippen LogP contribution in [0.15, 0.2) is 132 Å². The summed E-state index contributed by atoms with van der Waals surface area (Å²) in [5, 5.41) is 1.75. The van der Waals surface area contributed by atoms with Crippen LogP contribution in [0.3, 0.4) is 0 Å². The molecule has 2 aromatic carbocycles. The Morgan fingerprint density at radius 3 is 1.50 bits per heavy atom. The number of nitrogens with zero attached hydrogens (tertiary/aromatic N) is 2. The summed E-state index contributed by atoms with van der Waals surface area (Å²) in [5.41, 5.74) is 12.9. The third kappa shape index (κ3) is 7.44. The zero-order valence-corrected chi connectivity index (χ0v) is 34.0. The van der Waals surface area contributed by atoms with E-state index >= 15 is 0 Å². The van der Waals surface area contributed by atoms with E-state index in [1.54, 1.807) is 24.4 Å². The monoisotopic (exact) mass is 830 g/mol. The molecule has 308 valence electrons. The largest absolute Gasteiger partial charge is 0.422 e. The van der Waals surface area contributed by atoms with E-state index in [1.807, 2.05) is 70.2 Å². The van der Waals surface area contributed by atoms with E-state index in [9.17, 15) is 28.0 Å². The Hall–Kier alpha value is -7.60. The molecule has 62 heavy (non-hydrogen) atoms. The van der Waals surface area contributed by atoms with Crippen molar-refractivity contribution in [3.63, 3.8) is 0 Å². The van der Waals surface area contributed by atoms with Gasteiger partial charge in [-0.25, -0.2) is 28.6 Å². The standard InChI is InChI=1S/C13H9FO2.C13H10O2.C12H8FNO2.C12H9NO2/c1-7-4-9-10-6-8(14)2-3-12(10)16-13(15)11(9)5-7;1-8-6-10-9-4-2-3-5-12(9)15-13(14)11(10)7-8;1-6-4-7-8(5-6)12(15)16-9-2-3-10(13)14-11(7)9;1-7-5-8-9(6-7)12(14)15-10-3-2-4-13-11(8)10/h2-3,5-6H,4H2,1H3;2-5,7H,6H2,1H3;2-3,5H,4H2,1H3;2-4,6H,5H2,1H3. The summed E-state index contributed by atoms with van der Waals surface area (Å²) in [6.07, 6.45) is 12.1. The maximum Gasteiger partial charge on any atom is 0.343 e. The maximum atomic E-state index is 13.2. The van der Waals surface area contributed by atoms with Crippen LogP contribution in [-0.2, 0) is 25.7 Å². The van der Waals surface area contributed by atoms with Crippen molar-refractivity contribution >= 4 is 68.4 Å². The van der Waals surface area contributed by atoms with Crippen molar-refractivity contribution in [3.8, 4) is 0 Å². The first kappa shape index (κ1) is 39.8. The highest BCUT2D eigenvalue weighted by Crippen LogP contribution is 2.32. The average molecular weight is 831 g/mol. The lowest BCUT2D eigenvalue weighted by atomic mass is 10.1. The van der Waals surface area contributed by atoms with E-state index in [1.165, 1.54) is 41.5 Å². The van der Waals surface area contributed by atoms with Crippen LogP contribution in [-0.4, -0.2) is 9.97 Å². The number of aromatic nitrogens is 2. The molecule has 0 N–H and O–H groups in total. The Bertz CT molecular complexity index is 3350. The molecule has 0 spiro atoms. The summed E-state index contributed by atoms with van der Waals surface area (Å²) in [6.45, 7) is 7.91. The van der Waals surface area contributed by atoms with E-state index in [-0.39, 0.29) is 28.3 Å². The first-order valence-electron chi connectivity index (χ1n) is 19.8. The van der Waals surface area contributed by atoms with E-state index in [2.05, 4.69) is 9.97 Å². The van der Waals surface area contributed by atoms with Crippen molar-refractivity contribution in [3.05, 3.63) is 193 Å². The second kappa shape index (κ2) is 15.8. The number of pyridine rings is 2. The lowest BCUT2D eigenvalue weighted by molar-refractivity contribution is 0.548. The van der Waals surface area contributed by atoms with Crippen LogP contribution in [0, 0.1) is 11.8 Å². The zero-order chi connectivity index (χ0) is 43.4. The Kier molecular flexibility index (Phi) is 10.1. The summed E-state index contributed by atoms with van der Waals surface area (Å²) in [5.74, 6) is -0.874. The van der Waals surface area contributed by atoms with Gasteiger partial charge < -0.3 is 17.7 Å². The Labute approximate surface area is 350 Å². The predicted octanol–water partition coefficient (Wildman–Crippen LogP) is 10.1. The molecule has 6 aromatic heterocycles. The molecule has 12 rings (SSSR count). The number of benzene rings is 2. The van der Waals surface area contributed by atoms with Gasteiger partial charge in [0.1, 0.15) is 28.0 Å². The molecular weight excluding hydrogens is 795 g/mol. The van der Waals surface area contributed by atoms with Gasteiger partial charge in [-0.2, -0.15) is 4.39 Å². The van der Waals surface area contributed by atoms with Crippen molar-refractivity contribution in [2.24, 2.45) is 0 Å². The molecule has 6 heterocycles. The number of allylic oxidation sites excluding steroid dienone is 4. The highest BCUT2D eigenvalue weighted by molar-refractivity contribution is 5.87. The van der Waals surface area contributed by atoms with E-state index in [4.69, 9.17) is 17.7 Å². The van der Waals surface area contributed by atoms with E-state index in [0.29, 0.717) is 62.8 Å². The molecule has 4 aliphatic rings.